The Morgan fingerprint density at radius 2 is 2.12 bits per heavy atom. The van der Waals surface area contributed by atoms with Gasteiger partial charge in [0.2, 0.25) is 10.0 Å². The largest absolute Gasteiger partial charge is 0.497 e. The average Bonchev–Trinajstić information content (AvgIpc) is 3.33. The molecule has 8 nitrogen and oxygen atoms in total. The first-order valence-electron chi connectivity index (χ1n) is 8.45. The molecule has 1 aliphatic rings. The van der Waals surface area contributed by atoms with E-state index in [1.807, 2.05) is 18.2 Å². The zero-order valence-corrected chi connectivity index (χ0v) is 15.4. The number of carbonyl (C=O) groups excluding carboxylic acids is 1. The van der Waals surface area contributed by atoms with Crippen molar-refractivity contribution in [3.8, 4) is 17.0 Å². The van der Waals surface area contributed by atoms with Crippen molar-refractivity contribution >= 4 is 15.9 Å². The van der Waals surface area contributed by atoms with Crippen LogP contribution in [-0.2, 0) is 10.0 Å². The van der Waals surface area contributed by atoms with Crippen molar-refractivity contribution in [2.24, 2.45) is 0 Å². The highest BCUT2D eigenvalue weighted by molar-refractivity contribution is 7.89. The summed E-state index contributed by atoms with van der Waals surface area (Å²) >= 11 is 0. The molecule has 1 aromatic carbocycles. The Labute approximate surface area is 152 Å². The third kappa shape index (κ3) is 4.05. The molecule has 3 rings (SSSR count). The number of aromatic nitrogens is 2. The van der Waals surface area contributed by atoms with Crippen molar-refractivity contribution in [3.63, 3.8) is 0 Å². The minimum absolute atomic E-state index is 0.0559. The number of nitrogens with one attached hydrogen (secondary N) is 2. The maximum absolute atomic E-state index is 12.5. The van der Waals surface area contributed by atoms with Gasteiger partial charge in [0.05, 0.1) is 30.3 Å². The third-order valence-electron chi connectivity index (χ3n) is 4.35. The zero-order valence-electron chi connectivity index (χ0n) is 14.6. The summed E-state index contributed by atoms with van der Waals surface area (Å²) in [6.07, 6.45) is 3.22. The highest BCUT2D eigenvalue weighted by Crippen LogP contribution is 2.24. The molecule has 0 aliphatic carbocycles. The fourth-order valence-electron chi connectivity index (χ4n) is 2.94. The molecule has 0 saturated carbocycles. The predicted molar refractivity (Wildman–Crippen MR) is 97.5 cm³/mol. The fourth-order valence-corrected chi connectivity index (χ4v) is 4.37. The number of hydrogen-bond donors (Lipinski definition) is 2. The summed E-state index contributed by atoms with van der Waals surface area (Å²) in [6, 6.07) is 7.26. The van der Waals surface area contributed by atoms with Crippen LogP contribution in [0.5, 0.6) is 5.75 Å². The summed E-state index contributed by atoms with van der Waals surface area (Å²) in [5.41, 5.74) is 1.68. The zero-order chi connectivity index (χ0) is 18.6. The Morgan fingerprint density at radius 3 is 2.85 bits per heavy atom. The van der Waals surface area contributed by atoms with Gasteiger partial charge in [0, 0.05) is 25.2 Å². The van der Waals surface area contributed by atoms with E-state index in [2.05, 4.69) is 15.5 Å². The standard InChI is InChI=1S/C17H22N4O4S/c1-25-14-6-4-5-13(11-14)16-15(12-19-20-16)17(22)18-7-10-26(23,24)21-8-2-3-9-21/h4-6,11-12H,2-3,7-10H2,1H3,(H,18,22)(H,19,20). The van der Waals surface area contributed by atoms with Gasteiger partial charge < -0.3 is 10.1 Å². The number of amides is 1. The van der Waals surface area contributed by atoms with Gasteiger partial charge in [-0.2, -0.15) is 5.10 Å². The molecule has 140 valence electrons. The molecule has 1 fully saturated rings. The molecule has 9 heteroatoms. The van der Waals surface area contributed by atoms with E-state index in [-0.39, 0.29) is 18.2 Å². The lowest BCUT2D eigenvalue weighted by atomic mass is 10.1. The van der Waals surface area contributed by atoms with Gasteiger partial charge in [-0.25, -0.2) is 12.7 Å². The van der Waals surface area contributed by atoms with Gasteiger partial charge in [-0.05, 0) is 25.0 Å². The first-order chi connectivity index (χ1) is 12.5. The Balaban J connectivity index is 1.65. The van der Waals surface area contributed by atoms with E-state index < -0.39 is 10.0 Å². The van der Waals surface area contributed by atoms with Crippen LogP contribution in [0.25, 0.3) is 11.3 Å². The van der Waals surface area contributed by atoms with E-state index in [9.17, 15) is 13.2 Å². The van der Waals surface area contributed by atoms with E-state index >= 15 is 0 Å². The smallest absolute Gasteiger partial charge is 0.255 e. The van der Waals surface area contributed by atoms with Gasteiger partial charge in [-0.1, -0.05) is 12.1 Å². The molecule has 2 aromatic rings. The first kappa shape index (κ1) is 18.4. The molecular weight excluding hydrogens is 356 g/mol. The number of hydrogen-bond acceptors (Lipinski definition) is 5. The van der Waals surface area contributed by atoms with Crippen molar-refractivity contribution in [1.82, 2.24) is 19.8 Å². The van der Waals surface area contributed by atoms with Gasteiger partial charge in [0.15, 0.2) is 0 Å². The molecule has 2 heterocycles. The van der Waals surface area contributed by atoms with Crippen molar-refractivity contribution in [3.05, 3.63) is 36.0 Å². The number of benzene rings is 1. The molecule has 0 radical (unpaired) electrons. The van der Waals surface area contributed by atoms with Crippen LogP contribution in [0.4, 0.5) is 0 Å². The molecule has 2 N–H and O–H groups in total. The van der Waals surface area contributed by atoms with E-state index in [0.717, 1.165) is 18.4 Å². The average molecular weight is 378 g/mol. The summed E-state index contributed by atoms with van der Waals surface area (Å²) in [4.78, 5) is 12.5. The van der Waals surface area contributed by atoms with Crippen molar-refractivity contribution < 1.29 is 17.9 Å². The van der Waals surface area contributed by atoms with Gasteiger partial charge >= 0.3 is 0 Å². The van der Waals surface area contributed by atoms with Crippen LogP contribution >= 0.6 is 0 Å². The highest BCUT2D eigenvalue weighted by atomic mass is 32.2. The summed E-state index contributed by atoms with van der Waals surface area (Å²) in [5, 5.41) is 9.42. The second kappa shape index (κ2) is 7.88. The van der Waals surface area contributed by atoms with Gasteiger partial charge in [-0.3, -0.25) is 9.89 Å². The SMILES string of the molecule is COc1cccc(-c2[nH]ncc2C(=O)NCCS(=O)(=O)N2CCCC2)c1. The number of carbonyl (C=O) groups is 1. The van der Waals surface area contributed by atoms with Crippen LogP contribution in [-0.4, -0.2) is 61.3 Å². The van der Waals surface area contributed by atoms with Crippen LogP contribution in [0, 0.1) is 0 Å². The van der Waals surface area contributed by atoms with Crippen molar-refractivity contribution in [2.45, 2.75) is 12.8 Å². The van der Waals surface area contributed by atoms with Crippen molar-refractivity contribution in [1.29, 1.82) is 0 Å². The maximum Gasteiger partial charge on any atom is 0.255 e. The topological polar surface area (TPSA) is 104 Å². The Morgan fingerprint density at radius 1 is 1.35 bits per heavy atom. The normalized spacial score (nSPS) is 15.1. The second-order valence-electron chi connectivity index (χ2n) is 6.07. The molecule has 0 bridgehead atoms. The van der Waals surface area contributed by atoms with Gasteiger partial charge in [0.25, 0.3) is 5.91 Å². The number of rotatable bonds is 7. The predicted octanol–water partition coefficient (Wildman–Crippen LogP) is 1.24. The van der Waals surface area contributed by atoms with E-state index in [0.29, 0.717) is 30.1 Å². The fraction of sp³-hybridized carbons (Fsp3) is 0.412. The van der Waals surface area contributed by atoms with Gasteiger partial charge in [0.1, 0.15) is 5.75 Å². The van der Waals surface area contributed by atoms with E-state index in [1.54, 1.807) is 13.2 Å². The molecule has 1 aromatic heterocycles. The second-order valence-corrected chi connectivity index (χ2v) is 8.16. The Kier molecular flexibility index (Phi) is 5.58. The molecule has 0 spiro atoms. The number of H-pyrrole nitrogens is 1. The maximum atomic E-state index is 12.5. The first-order valence-corrected chi connectivity index (χ1v) is 10.1. The summed E-state index contributed by atoms with van der Waals surface area (Å²) in [6.45, 7) is 1.19. The number of aromatic amines is 1. The lowest BCUT2D eigenvalue weighted by Crippen LogP contribution is -2.36. The summed E-state index contributed by atoms with van der Waals surface area (Å²) in [5.74, 6) is 0.193. The van der Waals surface area contributed by atoms with E-state index in [4.69, 9.17) is 4.74 Å². The number of nitrogens with zero attached hydrogens (tertiary/aromatic N) is 2. The minimum atomic E-state index is -3.32. The van der Waals surface area contributed by atoms with Crippen LogP contribution in [0.3, 0.4) is 0 Å². The quantitative estimate of drug-likeness (QED) is 0.754. The number of ether oxygens (including phenoxy) is 1. The molecular formula is C17H22N4O4S. The third-order valence-corrected chi connectivity index (χ3v) is 6.22. The molecule has 0 atom stereocenters. The highest BCUT2D eigenvalue weighted by Gasteiger charge is 2.25. The van der Waals surface area contributed by atoms with Crippen LogP contribution < -0.4 is 10.1 Å². The summed E-state index contributed by atoms with van der Waals surface area (Å²) in [7, 11) is -1.75. The Hall–Kier alpha value is -2.39. The molecule has 26 heavy (non-hydrogen) atoms. The van der Waals surface area contributed by atoms with Crippen LogP contribution in [0.2, 0.25) is 0 Å². The number of sulfonamides is 1. The van der Waals surface area contributed by atoms with Crippen LogP contribution in [0.1, 0.15) is 23.2 Å². The lowest BCUT2D eigenvalue weighted by Gasteiger charge is -2.15. The molecule has 0 unspecified atom stereocenters. The Bertz CT molecular complexity index is 872. The summed E-state index contributed by atoms with van der Waals surface area (Å²) < 4.78 is 31.1. The molecule has 1 aliphatic heterocycles. The molecule has 1 amide bonds. The van der Waals surface area contributed by atoms with Gasteiger partial charge in [-0.15, -0.1) is 0 Å². The van der Waals surface area contributed by atoms with E-state index in [1.165, 1.54) is 10.5 Å². The lowest BCUT2D eigenvalue weighted by molar-refractivity contribution is 0.0956. The number of methoxy groups -OCH3 is 1. The molecule has 1 saturated heterocycles. The monoisotopic (exact) mass is 378 g/mol. The minimum Gasteiger partial charge on any atom is -0.497 e. The van der Waals surface area contributed by atoms with Crippen LogP contribution in [0.15, 0.2) is 30.5 Å². The van der Waals surface area contributed by atoms with Crippen molar-refractivity contribution in [2.75, 3.05) is 32.5 Å².